The molecule has 2 aromatic heterocycles. The van der Waals surface area contributed by atoms with Crippen LogP contribution in [0.2, 0.25) is 0 Å². The molecule has 0 bridgehead atoms. The number of rotatable bonds is 5. The van der Waals surface area contributed by atoms with E-state index in [1.165, 1.54) is 0 Å². The van der Waals surface area contributed by atoms with E-state index in [-0.39, 0.29) is 18.1 Å². The molecule has 1 saturated heterocycles. The van der Waals surface area contributed by atoms with Gasteiger partial charge in [0.05, 0.1) is 12.3 Å². The second kappa shape index (κ2) is 7.13. The lowest BCUT2D eigenvalue weighted by Gasteiger charge is -2.27. The van der Waals surface area contributed by atoms with Crippen LogP contribution in [0.25, 0.3) is 0 Å². The Morgan fingerprint density at radius 2 is 2.25 bits per heavy atom. The number of hydrogen-bond donors (Lipinski definition) is 2. The van der Waals surface area contributed by atoms with Crippen LogP contribution in [0, 0.1) is 6.92 Å². The summed E-state index contributed by atoms with van der Waals surface area (Å²) < 4.78 is 10.8. The molecule has 2 N–H and O–H groups in total. The zero-order valence-corrected chi connectivity index (χ0v) is 14.1. The Morgan fingerprint density at radius 1 is 1.42 bits per heavy atom. The van der Waals surface area contributed by atoms with Crippen molar-refractivity contribution in [2.75, 3.05) is 6.54 Å². The third-order valence-electron chi connectivity index (χ3n) is 4.53. The van der Waals surface area contributed by atoms with E-state index in [9.17, 15) is 9.90 Å². The van der Waals surface area contributed by atoms with E-state index in [0.29, 0.717) is 18.7 Å². The summed E-state index contributed by atoms with van der Waals surface area (Å²) in [5, 5.41) is 13.2. The Kier molecular flexibility index (Phi) is 4.94. The SMILES string of the molecule is Cc1ccc(C(C)NC(=O)N2CCCC2CC(O)c2ccco2)o1. The molecule has 1 fully saturated rings. The molecule has 1 aliphatic rings. The maximum Gasteiger partial charge on any atom is 0.318 e. The molecule has 3 unspecified atom stereocenters. The molecule has 2 aromatic rings. The minimum absolute atomic E-state index is 0.00985. The number of aliphatic hydroxyl groups is 1. The van der Waals surface area contributed by atoms with Gasteiger partial charge in [-0.05, 0) is 51.0 Å². The van der Waals surface area contributed by atoms with Crippen LogP contribution >= 0.6 is 0 Å². The van der Waals surface area contributed by atoms with Crippen LogP contribution in [-0.2, 0) is 0 Å². The average molecular weight is 332 g/mol. The van der Waals surface area contributed by atoms with Gasteiger partial charge in [-0.3, -0.25) is 0 Å². The molecular formula is C18H24N2O4. The highest BCUT2D eigenvalue weighted by Gasteiger charge is 2.32. The number of carbonyl (C=O) groups excluding carboxylic acids is 1. The lowest BCUT2D eigenvalue weighted by Crippen LogP contribution is -2.44. The predicted molar refractivity (Wildman–Crippen MR) is 88.4 cm³/mol. The molecule has 3 atom stereocenters. The van der Waals surface area contributed by atoms with Crippen LogP contribution in [0.15, 0.2) is 39.4 Å². The van der Waals surface area contributed by atoms with Crippen molar-refractivity contribution in [3.05, 3.63) is 47.8 Å². The summed E-state index contributed by atoms with van der Waals surface area (Å²) in [4.78, 5) is 14.4. The molecule has 3 heterocycles. The monoisotopic (exact) mass is 332 g/mol. The average Bonchev–Trinajstić information content (AvgIpc) is 3.28. The van der Waals surface area contributed by atoms with Crippen LogP contribution in [0.5, 0.6) is 0 Å². The summed E-state index contributed by atoms with van der Waals surface area (Å²) in [6, 6.07) is 6.97. The fourth-order valence-corrected chi connectivity index (χ4v) is 3.23. The van der Waals surface area contributed by atoms with Gasteiger partial charge in [-0.15, -0.1) is 0 Å². The number of nitrogens with one attached hydrogen (secondary N) is 1. The molecule has 0 spiro atoms. The predicted octanol–water partition coefficient (Wildman–Crippen LogP) is 3.54. The number of likely N-dealkylation sites (tertiary alicyclic amines) is 1. The van der Waals surface area contributed by atoms with Gasteiger partial charge in [-0.2, -0.15) is 0 Å². The number of urea groups is 1. The Hall–Kier alpha value is -2.21. The van der Waals surface area contributed by atoms with Crippen LogP contribution < -0.4 is 5.32 Å². The fraction of sp³-hybridized carbons (Fsp3) is 0.500. The Bertz CT molecular complexity index is 664. The van der Waals surface area contributed by atoms with Gasteiger partial charge in [-0.25, -0.2) is 4.79 Å². The number of hydrogen-bond acceptors (Lipinski definition) is 4. The first-order valence-electron chi connectivity index (χ1n) is 8.39. The number of aryl methyl sites for hydroxylation is 1. The van der Waals surface area contributed by atoms with Crippen molar-refractivity contribution in [3.63, 3.8) is 0 Å². The van der Waals surface area contributed by atoms with Crippen molar-refractivity contribution in [2.24, 2.45) is 0 Å². The number of amides is 2. The largest absolute Gasteiger partial charge is 0.467 e. The fourth-order valence-electron chi connectivity index (χ4n) is 3.23. The van der Waals surface area contributed by atoms with Crippen molar-refractivity contribution in [2.45, 2.75) is 51.3 Å². The third kappa shape index (κ3) is 3.64. The van der Waals surface area contributed by atoms with Gasteiger partial charge in [0.25, 0.3) is 0 Å². The maximum atomic E-state index is 12.6. The second-order valence-corrected chi connectivity index (χ2v) is 6.38. The Labute approximate surface area is 141 Å². The lowest BCUT2D eigenvalue weighted by molar-refractivity contribution is 0.107. The number of carbonyl (C=O) groups is 1. The van der Waals surface area contributed by atoms with E-state index in [0.717, 1.165) is 24.4 Å². The van der Waals surface area contributed by atoms with E-state index < -0.39 is 6.10 Å². The second-order valence-electron chi connectivity index (χ2n) is 6.38. The van der Waals surface area contributed by atoms with Crippen molar-refractivity contribution in [1.29, 1.82) is 0 Å². The topological polar surface area (TPSA) is 78.9 Å². The number of aliphatic hydroxyl groups excluding tert-OH is 1. The van der Waals surface area contributed by atoms with Crippen LogP contribution in [0.3, 0.4) is 0 Å². The van der Waals surface area contributed by atoms with E-state index in [1.807, 2.05) is 26.0 Å². The van der Waals surface area contributed by atoms with Gasteiger partial charge in [0.15, 0.2) is 0 Å². The summed E-state index contributed by atoms with van der Waals surface area (Å²) in [7, 11) is 0. The molecule has 1 aliphatic heterocycles. The first-order valence-corrected chi connectivity index (χ1v) is 8.39. The van der Waals surface area contributed by atoms with Crippen molar-refractivity contribution >= 4 is 6.03 Å². The molecule has 0 radical (unpaired) electrons. The molecule has 0 saturated carbocycles. The van der Waals surface area contributed by atoms with Crippen LogP contribution in [0.1, 0.15) is 55.6 Å². The lowest BCUT2D eigenvalue weighted by atomic mass is 10.1. The Morgan fingerprint density at radius 3 is 2.92 bits per heavy atom. The molecular weight excluding hydrogens is 308 g/mol. The van der Waals surface area contributed by atoms with E-state index in [2.05, 4.69) is 5.32 Å². The first kappa shape index (κ1) is 16.6. The summed E-state index contributed by atoms with van der Waals surface area (Å²) in [6.45, 7) is 4.48. The van der Waals surface area contributed by atoms with E-state index >= 15 is 0 Å². The summed E-state index contributed by atoms with van der Waals surface area (Å²) >= 11 is 0. The number of nitrogens with zero attached hydrogens (tertiary/aromatic N) is 1. The molecule has 0 aliphatic carbocycles. The summed E-state index contributed by atoms with van der Waals surface area (Å²) in [5.41, 5.74) is 0. The molecule has 24 heavy (non-hydrogen) atoms. The Balaban J connectivity index is 1.59. The zero-order valence-electron chi connectivity index (χ0n) is 14.1. The molecule has 0 aromatic carbocycles. The maximum absolute atomic E-state index is 12.6. The van der Waals surface area contributed by atoms with Gasteiger partial charge in [0, 0.05) is 19.0 Å². The highest BCUT2D eigenvalue weighted by atomic mass is 16.4. The molecule has 6 heteroatoms. The third-order valence-corrected chi connectivity index (χ3v) is 4.53. The van der Waals surface area contributed by atoms with Gasteiger partial charge >= 0.3 is 6.03 Å². The zero-order chi connectivity index (χ0) is 17.1. The normalized spacial score (nSPS) is 20.1. The quantitative estimate of drug-likeness (QED) is 0.878. The van der Waals surface area contributed by atoms with E-state index in [4.69, 9.17) is 8.83 Å². The van der Waals surface area contributed by atoms with Crippen molar-refractivity contribution < 1.29 is 18.7 Å². The molecule has 2 amide bonds. The van der Waals surface area contributed by atoms with Gasteiger partial charge in [-0.1, -0.05) is 0 Å². The minimum Gasteiger partial charge on any atom is -0.467 e. The van der Waals surface area contributed by atoms with Gasteiger partial charge in [0.1, 0.15) is 23.4 Å². The van der Waals surface area contributed by atoms with Gasteiger partial charge in [0.2, 0.25) is 0 Å². The summed E-state index contributed by atoms with van der Waals surface area (Å²) in [5.74, 6) is 2.11. The molecule has 3 rings (SSSR count). The van der Waals surface area contributed by atoms with Crippen LogP contribution in [-0.4, -0.2) is 28.6 Å². The highest BCUT2D eigenvalue weighted by Crippen LogP contribution is 2.28. The van der Waals surface area contributed by atoms with Crippen molar-refractivity contribution in [3.8, 4) is 0 Å². The minimum atomic E-state index is -0.691. The number of furan rings is 2. The van der Waals surface area contributed by atoms with Crippen LogP contribution in [0.4, 0.5) is 4.79 Å². The van der Waals surface area contributed by atoms with Gasteiger partial charge < -0.3 is 24.2 Å². The first-order chi connectivity index (χ1) is 11.5. The van der Waals surface area contributed by atoms with Crippen molar-refractivity contribution in [1.82, 2.24) is 10.2 Å². The smallest absolute Gasteiger partial charge is 0.318 e. The standard InChI is InChI=1S/C18H24N2O4/c1-12-7-8-16(24-12)13(2)19-18(22)20-9-3-5-14(20)11-15(21)17-6-4-10-23-17/h4,6-8,10,13-15,21H,3,5,9,11H2,1-2H3,(H,19,22). The van der Waals surface area contributed by atoms with E-state index in [1.54, 1.807) is 23.3 Å². The highest BCUT2D eigenvalue weighted by molar-refractivity contribution is 5.75. The summed E-state index contributed by atoms with van der Waals surface area (Å²) in [6.07, 6.45) is 3.17. The molecule has 6 nitrogen and oxygen atoms in total. The molecule has 130 valence electrons.